The Kier molecular flexibility index (Phi) is 3.91. The number of hydrogen-bond acceptors (Lipinski definition) is 3. The topological polar surface area (TPSA) is 88.9 Å². The monoisotopic (exact) mass is 324 g/mol. The lowest BCUT2D eigenvalue weighted by Crippen LogP contribution is -2.26. The molecule has 0 atom stereocenters. The van der Waals surface area contributed by atoms with Gasteiger partial charge in [-0.1, -0.05) is 18.2 Å². The van der Waals surface area contributed by atoms with Crippen LogP contribution in [-0.2, 0) is 7.05 Å². The van der Waals surface area contributed by atoms with E-state index in [1.165, 1.54) is 16.9 Å². The van der Waals surface area contributed by atoms with Gasteiger partial charge in [-0.3, -0.25) is 19.1 Å². The predicted octanol–water partition coefficient (Wildman–Crippen LogP) is 1.43. The van der Waals surface area contributed by atoms with E-state index in [4.69, 9.17) is 0 Å². The molecule has 0 aliphatic carbocycles. The number of nitrogens with zero attached hydrogens (tertiary/aromatic N) is 2. The molecule has 0 saturated heterocycles. The Bertz CT molecular complexity index is 1010. The van der Waals surface area contributed by atoms with Crippen molar-refractivity contribution in [2.75, 3.05) is 5.32 Å². The zero-order valence-electron chi connectivity index (χ0n) is 13.2. The fourth-order valence-corrected chi connectivity index (χ4v) is 2.49. The van der Waals surface area contributed by atoms with Crippen LogP contribution in [0.25, 0.3) is 5.69 Å². The number of aromatic amines is 1. The van der Waals surface area contributed by atoms with Gasteiger partial charge in [0.15, 0.2) is 0 Å². The van der Waals surface area contributed by atoms with Gasteiger partial charge in [-0.2, -0.15) is 0 Å². The summed E-state index contributed by atoms with van der Waals surface area (Å²) in [5.74, 6) is -0.622. The molecule has 24 heavy (non-hydrogen) atoms. The Morgan fingerprint density at radius 2 is 1.79 bits per heavy atom. The van der Waals surface area contributed by atoms with Crippen LogP contribution >= 0.6 is 0 Å². The van der Waals surface area contributed by atoms with Crippen LogP contribution in [0.1, 0.15) is 16.1 Å². The molecule has 1 aromatic carbocycles. The van der Waals surface area contributed by atoms with Gasteiger partial charge < -0.3 is 10.3 Å². The van der Waals surface area contributed by atoms with Crippen LogP contribution in [0.5, 0.6) is 0 Å². The van der Waals surface area contributed by atoms with Crippen molar-refractivity contribution in [2.45, 2.75) is 6.92 Å². The zero-order chi connectivity index (χ0) is 17.3. The van der Waals surface area contributed by atoms with E-state index in [2.05, 4.69) is 10.3 Å². The highest BCUT2D eigenvalue weighted by Gasteiger charge is 2.19. The quantitative estimate of drug-likeness (QED) is 0.764. The third-order valence-electron chi connectivity index (χ3n) is 3.86. The minimum absolute atomic E-state index is 0.0496. The average molecular weight is 324 g/mol. The van der Waals surface area contributed by atoms with Crippen molar-refractivity contribution in [3.8, 4) is 5.69 Å². The van der Waals surface area contributed by atoms with Crippen molar-refractivity contribution in [1.29, 1.82) is 0 Å². The number of H-pyrrole nitrogens is 1. The number of amides is 1. The van der Waals surface area contributed by atoms with Crippen LogP contribution in [0.2, 0.25) is 0 Å². The van der Waals surface area contributed by atoms with Crippen LogP contribution in [-0.4, -0.2) is 20.3 Å². The molecule has 3 rings (SSSR count). The lowest BCUT2D eigenvalue weighted by atomic mass is 10.2. The van der Waals surface area contributed by atoms with E-state index in [9.17, 15) is 14.4 Å². The van der Waals surface area contributed by atoms with Gasteiger partial charge in [-0.05, 0) is 31.2 Å². The summed E-state index contributed by atoms with van der Waals surface area (Å²) >= 11 is 0. The molecule has 0 aliphatic rings. The molecule has 2 heterocycles. The molecular weight excluding hydrogens is 308 g/mol. The van der Waals surface area contributed by atoms with Gasteiger partial charge in [0.2, 0.25) is 0 Å². The number of rotatable bonds is 3. The maximum absolute atomic E-state index is 12.7. The normalized spacial score (nSPS) is 10.6. The van der Waals surface area contributed by atoms with E-state index in [1.807, 2.05) is 18.2 Å². The first-order chi connectivity index (χ1) is 11.5. The van der Waals surface area contributed by atoms with Crippen molar-refractivity contribution in [2.24, 2.45) is 7.05 Å². The molecule has 2 aromatic heterocycles. The second-order valence-corrected chi connectivity index (χ2v) is 5.30. The number of aromatic nitrogens is 3. The molecule has 0 radical (unpaired) electrons. The van der Waals surface area contributed by atoms with E-state index >= 15 is 0 Å². The minimum atomic E-state index is -0.622. The second kappa shape index (κ2) is 6.04. The van der Waals surface area contributed by atoms with Crippen molar-refractivity contribution in [1.82, 2.24) is 14.3 Å². The standard InChI is InChI=1S/C17H16N4O3/c1-11-14(19-16(23)13-9-6-10-18-15(13)22)17(24)21(20(11)2)12-7-4-3-5-8-12/h3-10H,1-2H3,(H,18,22)(H,19,23). The van der Waals surface area contributed by atoms with Crippen LogP contribution in [0.4, 0.5) is 5.69 Å². The Balaban J connectivity index is 2.05. The molecule has 0 bridgehead atoms. The summed E-state index contributed by atoms with van der Waals surface area (Å²) in [7, 11) is 1.73. The van der Waals surface area contributed by atoms with Crippen molar-refractivity contribution >= 4 is 11.6 Å². The summed E-state index contributed by atoms with van der Waals surface area (Å²) in [4.78, 5) is 39.2. The van der Waals surface area contributed by atoms with Crippen molar-refractivity contribution in [3.63, 3.8) is 0 Å². The maximum Gasteiger partial charge on any atom is 0.295 e. The molecule has 3 aromatic rings. The molecular formula is C17H16N4O3. The van der Waals surface area contributed by atoms with Gasteiger partial charge in [0, 0.05) is 13.2 Å². The van der Waals surface area contributed by atoms with Gasteiger partial charge in [0.25, 0.3) is 17.0 Å². The van der Waals surface area contributed by atoms with E-state index in [1.54, 1.807) is 36.9 Å². The van der Waals surface area contributed by atoms with E-state index in [-0.39, 0.29) is 16.8 Å². The predicted molar refractivity (Wildman–Crippen MR) is 90.8 cm³/mol. The number of carbonyl (C=O) groups is 1. The Labute approximate surface area is 137 Å². The van der Waals surface area contributed by atoms with Gasteiger partial charge in [0.05, 0.1) is 11.4 Å². The van der Waals surface area contributed by atoms with Gasteiger partial charge in [-0.15, -0.1) is 0 Å². The van der Waals surface area contributed by atoms with E-state index < -0.39 is 11.5 Å². The highest BCUT2D eigenvalue weighted by Crippen LogP contribution is 2.14. The molecule has 0 aliphatic heterocycles. The largest absolute Gasteiger partial charge is 0.328 e. The number of hydrogen-bond donors (Lipinski definition) is 2. The Hall–Kier alpha value is -3.35. The lowest BCUT2D eigenvalue weighted by Gasteiger charge is -2.07. The van der Waals surface area contributed by atoms with E-state index in [0.717, 1.165) is 0 Å². The first kappa shape index (κ1) is 15.5. The average Bonchev–Trinajstić information content (AvgIpc) is 2.79. The smallest absolute Gasteiger partial charge is 0.295 e. The SMILES string of the molecule is Cc1c(NC(=O)c2ccc[nH]c2=O)c(=O)n(-c2ccccc2)n1C. The lowest BCUT2D eigenvalue weighted by molar-refractivity contribution is 0.102. The molecule has 122 valence electrons. The van der Waals surface area contributed by atoms with Crippen LogP contribution in [0, 0.1) is 6.92 Å². The van der Waals surface area contributed by atoms with Crippen molar-refractivity contribution < 1.29 is 4.79 Å². The zero-order valence-corrected chi connectivity index (χ0v) is 13.2. The summed E-state index contributed by atoms with van der Waals surface area (Å²) in [5.41, 5.74) is 0.505. The number of carbonyl (C=O) groups excluding carboxylic acids is 1. The second-order valence-electron chi connectivity index (χ2n) is 5.30. The fraction of sp³-hybridized carbons (Fsp3) is 0.118. The molecule has 0 unspecified atom stereocenters. The van der Waals surface area contributed by atoms with Crippen LogP contribution < -0.4 is 16.4 Å². The van der Waals surface area contributed by atoms with Crippen LogP contribution in [0.15, 0.2) is 58.3 Å². The highest BCUT2D eigenvalue weighted by atomic mass is 16.2. The first-order valence-electron chi connectivity index (χ1n) is 7.34. The number of anilines is 1. The first-order valence-corrected chi connectivity index (χ1v) is 7.34. The third-order valence-corrected chi connectivity index (χ3v) is 3.86. The molecule has 2 N–H and O–H groups in total. The third kappa shape index (κ3) is 2.56. The van der Waals surface area contributed by atoms with Gasteiger partial charge >= 0.3 is 0 Å². The summed E-state index contributed by atoms with van der Waals surface area (Å²) in [5, 5.41) is 2.55. The Morgan fingerprint density at radius 1 is 1.08 bits per heavy atom. The van der Waals surface area contributed by atoms with Gasteiger partial charge in [-0.25, -0.2) is 4.68 Å². The number of benzene rings is 1. The van der Waals surface area contributed by atoms with Crippen LogP contribution in [0.3, 0.4) is 0 Å². The summed E-state index contributed by atoms with van der Waals surface area (Å²) in [6.07, 6.45) is 1.44. The van der Waals surface area contributed by atoms with Crippen molar-refractivity contribution in [3.05, 3.63) is 80.6 Å². The number of pyridine rings is 1. The molecule has 0 saturated carbocycles. The summed E-state index contributed by atoms with van der Waals surface area (Å²) in [6, 6.07) is 12.1. The van der Waals surface area contributed by atoms with Gasteiger partial charge in [0.1, 0.15) is 11.3 Å². The maximum atomic E-state index is 12.7. The highest BCUT2D eigenvalue weighted by molar-refractivity contribution is 6.04. The molecule has 0 spiro atoms. The summed E-state index contributed by atoms with van der Waals surface area (Å²) < 4.78 is 3.11. The molecule has 7 heteroatoms. The molecule has 0 fully saturated rings. The number of nitrogens with one attached hydrogen (secondary N) is 2. The minimum Gasteiger partial charge on any atom is -0.328 e. The molecule has 7 nitrogen and oxygen atoms in total. The van der Waals surface area contributed by atoms with E-state index in [0.29, 0.717) is 11.4 Å². The molecule has 1 amide bonds. The summed E-state index contributed by atoms with van der Waals surface area (Å²) in [6.45, 7) is 1.73. The fourth-order valence-electron chi connectivity index (χ4n) is 2.49. The number of para-hydroxylation sites is 1. The Morgan fingerprint density at radius 3 is 2.46 bits per heavy atom.